The molecule has 1 aliphatic carbocycles. The van der Waals surface area contributed by atoms with E-state index in [2.05, 4.69) is 17.4 Å². The van der Waals surface area contributed by atoms with Crippen molar-refractivity contribution in [3.63, 3.8) is 0 Å². The van der Waals surface area contributed by atoms with Crippen LogP contribution in [0.1, 0.15) is 76.2 Å². The maximum Gasteiger partial charge on any atom is 0.231 e. The maximum absolute atomic E-state index is 5.47. The molecule has 0 radical (unpaired) electrons. The minimum Gasteiger partial charge on any atom is -0.454 e. The molecule has 1 aliphatic heterocycles. The quantitative estimate of drug-likeness (QED) is 0.767. The Morgan fingerprint density at radius 3 is 2.04 bits per heavy atom. The Morgan fingerprint density at radius 2 is 1.38 bits per heavy atom. The van der Waals surface area contributed by atoms with Crippen LogP contribution in [0.15, 0.2) is 18.2 Å². The van der Waals surface area contributed by atoms with E-state index >= 15 is 0 Å². The number of rotatable bonds is 3. The molecule has 0 saturated heterocycles. The summed E-state index contributed by atoms with van der Waals surface area (Å²) in [4.78, 5) is 0. The van der Waals surface area contributed by atoms with Crippen molar-refractivity contribution in [1.82, 2.24) is 5.32 Å². The van der Waals surface area contributed by atoms with Gasteiger partial charge >= 0.3 is 0 Å². The van der Waals surface area contributed by atoms with Crippen LogP contribution >= 0.6 is 12.4 Å². The van der Waals surface area contributed by atoms with Gasteiger partial charge in [-0.1, -0.05) is 63.9 Å². The van der Waals surface area contributed by atoms with Crippen LogP contribution in [0.4, 0.5) is 0 Å². The monoisotopic (exact) mass is 353 g/mol. The molecule has 1 fully saturated rings. The number of fused-ring (bicyclic) bond motifs is 1. The van der Waals surface area contributed by atoms with Crippen molar-refractivity contribution in [3.8, 4) is 11.5 Å². The number of halogens is 1. The first kappa shape index (κ1) is 19.4. The highest BCUT2D eigenvalue weighted by Crippen LogP contribution is 2.32. The Morgan fingerprint density at radius 1 is 0.792 bits per heavy atom. The molecule has 3 rings (SSSR count). The number of hydrogen-bond acceptors (Lipinski definition) is 3. The van der Waals surface area contributed by atoms with Gasteiger partial charge in [0.05, 0.1) is 0 Å². The zero-order chi connectivity index (χ0) is 15.7. The van der Waals surface area contributed by atoms with Crippen molar-refractivity contribution in [1.29, 1.82) is 0 Å². The van der Waals surface area contributed by atoms with Crippen LogP contribution in [0.25, 0.3) is 0 Å². The molecule has 1 aromatic carbocycles. The Hall–Kier alpha value is -0.930. The van der Waals surface area contributed by atoms with Gasteiger partial charge < -0.3 is 14.8 Å². The SMILES string of the molecule is Cl.c1cc2c(cc1CNC1CCCCCCCCCCC1)OCO2. The number of ether oxygens (including phenoxy) is 2. The molecule has 2 aliphatic rings. The van der Waals surface area contributed by atoms with Gasteiger partial charge in [0.2, 0.25) is 6.79 Å². The van der Waals surface area contributed by atoms with E-state index in [0.29, 0.717) is 12.8 Å². The van der Waals surface area contributed by atoms with Crippen LogP contribution in [0.5, 0.6) is 11.5 Å². The van der Waals surface area contributed by atoms with Crippen LogP contribution < -0.4 is 14.8 Å². The molecular weight excluding hydrogens is 322 g/mol. The van der Waals surface area contributed by atoms with E-state index in [1.165, 1.54) is 76.2 Å². The summed E-state index contributed by atoms with van der Waals surface area (Å²) in [5.41, 5.74) is 1.29. The highest BCUT2D eigenvalue weighted by molar-refractivity contribution is 5.85. The predicted molar refractivity (Wildman–Crippen MR) is 101 cm³/mol. The first-order valence-electron chi connectivity index (χ1n) is 9.54. The first-order valence-corrected chi connectivity index (χ1v) is 9.54. The summed E-state index contributed by atoms with van der Waals surface area (Å²) in [6.07, 6.45) is 15.4. The van der Waals surface area contributed by atoms with E-state index in [0.717, 1.165) is 18.0 Å². The Balaban J connectivity index is 0.00000208. The van der Waals surface area contributed by atoms with Crippen LogP contribution in [0.3, 0.4) is 0 Å². The van der Waals surface area contributed by atoms with Crippen molar-refractivity contribution in [2.75, 3.05) is 6.79 Å². The van der Waals surface area contributed by atoms with Gasteiger partial charge in [0.1, 0.15) is 0 Å². The lowest BCUT2D eigenvalue weighted by Gasteiger charge is -2.20. The zero-order valence-electron chi connectivity index (χ0n) is 14.7. The smallest absolute Gasteiger partial charge is 0.231 e. The van der Waals surface area contributed by atoms with Gasteiger partial charge in [-0.05, 0) is 30.5 Å². The lowest BCUT2D eigenvalue weighted by atomic mass is 9.98. The van der Waals surface area contributed by atoms with Crippen molar-refractivity contribution in [3.05, 3.63) is 23.8 Å². The van der Waals surface area contributed by atoms with Crippen molar-refractivity contribution in [2.45, 2.75) is 83.2 Å². The molecule has 136 valence electrons. The normalized spacial score (nSPS) is 19.8. The standard InChI is InChI=1S/C20H31NO2.ClH/c1-2-4-6-8-10-18(11-9-7-5-3-1)21-15-17-12-13-19-20(14-17)23-16-22-19;/h12-14,18,21H,1-11,15-16H2;1H. The first-order chi connectivity index (χ1) is 11.4. The van der Waals surface area contributed by atoms with Crippen LogP contribution in [-0.2, 0) is 6.54 Å². The molecule has 24 heavy (non-hydrogen) atoms. The maximum atomic E-state index is 5.47. The Kier molecular flexibility index (Phi) is 8.76. The molecule has 1 N–H and O–H groups in total. The van der Waals surface area contributed by atoms with Crippen LogP contribution in [0, 0.1) is 0 Å². The minimum absolute atomic E-state index is 0. The molecule has 0 amide bonds. The average molecular weight is 354 g/mol. The summed E-state index contributed by atoms with van der Waals surface area (Å²) in [7, 11) is 0. The molecule has 0 spiro atoms. The van der Waals surface area contributed by atoms with E-state index in [4.69, 9.17) is 9.47 Å². The third kappa shape index (κ3) is 6.18. The molecule has 3 nitrogen and oxygen atoms in total. The molecular formula is C20H32ClNO2. The zero-order valence-corrected chi connectivity index (χ0v) is 15.5. The Labute approximate surface area is 152 Å². The predicted octanol–water partition coefficient (Wildman–Crippen LogP) is 5.60. The van der Waals surface area contributed by atoms with Gasteiger partial charge in [-0.3, -0.25) is 0 Å². The van der Waals surface area contributed by atoms with Gasteiger partial charge in [0, 0.05) is 12.6 Å². The lowest BCUT2D eigenvalue weighted by molar-refractivity contribution is 0.174. The third-order valence-corrected chi connectivity index (χ3v) is 5.14. The molecule has 0 atom stereocenters. The highest BCUT2D eigenvalue weighted by atomic mass is 35.5. The van der Waals surface area contributed by atoms with Crippen molar-refractivity contribution < 1.29 is 9.47 Å². The van der Waals surface area contributed by atoms with Gasteiger partial charge in [0.15, 0.2) is 11.5 Å². The van der Waals surface area contributed by atoms with Gasteiger partial charge in [0.25, 0.3) is 0 Å². The van der Waals surface area contributed by atoms with Crippen molar-refractivity contribution in [2.24, 2.45) is 0 Å². The van der Waals surface area contributed by atoms with E-state index in [1.807, 2.05) is 6.07 Å². The number of hydrogen-bond donors (Lipinski definition) is 1. The molecule has 1 heterocycles. The van der Waals surface area contributed by atoms with Gasteiger partial charge in [-0.2, -0.15) is 0 Å². The van der Waals surface area contributed by atoms with E-state index < -0.39 is 0 Å². The van der Waals surface area contributed by atoms with Crippen LogP contribution in [-0.4, -0.2) is 12.8 Å². The highest BCUT2D eigenvalue weighted by Gasteiger charge is 2.14. The molecule has 1 saturated carbocycles. The third-order valence-electron chi connectivity index (χ3n) is 5.14. The molecule has 4 heteroatoms. The fourth-order valence-electron chi connectivity index (χ4n) is 3.68. The largest absolute Gasteiger partial charge is 0.454 e. The van der Waals surface area contributed by atoms with Gasteiger partial charge in [-0.25, -0.2) is 0 Å². The van der Waals surface area contributed by atoms with Gasteiger partial charge in [-0.15, -0.1) is 12.4 Å². The topological polar surface area (TPSA) is 30.5 Å². The lowest BCUT2D eigenvalue weighted by Crippen LogP contribution is -2.28. The summed E-state index contributed by atoms with van der Waals surface area (Å²) in [6, 6.07) is 6.96. The minimum atomic E-state index is 0. The second kappa shape index (κ2) is 10.8. The summed E-state index contributed by atoms with van der Waals surface area (Å²) in [5, 5.41) is 3.78. The van der Waals surface area contributed by atoms with E-state index in [9.17, 15) is 0 Å². The number of nitrogens with one attached hydrogen (secondary N) is 1. The molecule has 0 aromatic heterocycles. The average Bonchev–Trinajstić information content (AvgIpc) is 3.02. The molecule has 1 aromatic rings. The second-order valence-corrected chi connectivity index (χ2v) is 7.02. The number of benzene rings is 1. The van der Waals surface area contributed by atoms with Crippen LogP contribution in [0.2, 0.25) is 0 Å². The summed E-state index contributed by atoms with van der Waals surface area (Å²) < 4.78 is 10.9. The summed E-state index contributed by atoms with van der Waals surface area (Å²) >= 11 is 0. The summed E-state index contributed by atoms with van der Waals surface area (Å²) in [5.74, 6) is 1.77. The Bertz CT molecular complexity index is 469. The molecule has 0 unspecified atom stereocenters. The fourth-order valence-corrected chi connectivity index (χ4v) is 3.68. The van der Waals surface area contributed by atoms with E-state index in [1.54, 1.807) is 0 Å². The van der Waals surface area contributed by atoms with Crippen molar-refractivity contribution >= 4 is 12.4 Å². The summed E-state index contributed by atoms with van der Waals surface area (Å²) in [6.45, 7) is 1.29. The molecule has 0 bridgehead atoms. The second-order valence-electron chi connectivity index (χ2n) is 7.02. The fraction of sp³-hybridized carbons (Fsp3) is 0.700. The van der Waals surface area contributed by atoms with E-state index in [-0.39, 0.29) is 12.4 Å².